The van der Waals surface area contributed by atoms with Crippen LogP contribution in [0, 0.1) is 18.3 Å². The van der Waals surface area contributed by atoms with E-state index in [1.165, 1.54) is 0 Å². The van der Waals surface area contributed by atoms with Crippen molar-refractivity contribution in [3.63, 3.8) is 0 Å². The number of esters is 1. The number of terminal acetylenes is 1. The third kappa shape index (κ3) is 6.10. The number of hydrogen-bond donors (Lipinski definition) is 1. The molecule has 2 rings (SSSR count). The van der Waals surface area contributed by atoms with Gasteiger partial charge in [-0.25, -0.2) is 0 Å². The van der Waals surface area contributed by atoms with E-state index in [1.54, 1.807) is 17.1 Å². The molecule has 1 saturated heterocycles. The Morgan fingerprint density at radius 2 is 1.92 bits per heavy atom. The first-order valence-electron chi connectivity index (χ1n) is 8.49. The number of likely N-dealkylation sites (tertiary alicyclic amines) is 1. The lowest BCUT2D eigenvalue weighted by Crippen LogP contribution is -2.40. The minimum absolute atomic E-state index is 0.0747. The number of nitrogens with zero attached hydrogens (tertiary/aromatic N) is 1. The van der Waals surface area contributed by atoms with E-state index in [1.807, 2.05) is 30.3 Å². The zero-order valence-electron chi connectivity index (χ0n) is 14.5. The predicted molar refractivity (Wildman–Crippen MR) is 97.6 cm³/mol. The lowest BCUT2D eigenvalue weighted by atomic mass is 9.97. The summed E-state index contributed by atoms with van der Waals surface area (Å²) in [4.78, 5) is 37.3. The van der Waals surface area contributed by atoms with Crippen LogP contribution >= 0.6 is 0 Å². The highest BCUT2D eigenvalue weighted by Gasteiger charge is 2.28. The summed E-state index contributed by atoms with van der Waals surface area (Å²) in [5, 5.41) is 2.43. The minimum atomic E-state index is -0.421. The molecule has 0 atom stereocenters. The first-order valence-corrected chi connectivity index (χ1v) is 8.49. The summed E-state index contributed by atoms with van der Waals surface area (Å²) in [6, 6.07) is 9.58. The number of rotatable bonds is 6. The van der Waals surface area contributed by atoms with E-state index in [4.69, 9.17) is 11.2 Å². The summed E-state index contributed by atoms with van der Waals surface area (Å²) in [5.41, 5.74) is 0.961. The first kappa shape index (κ1) is 19.3. The van der Waals surface area contributed by atoms with E-state index >= 15 is 0 Å². The highest BCUT2D eigenvalue weighted by molar-refractivity contribution is 5.92. The van der Waals surface area contributed by atoms with Gasteiger partial charge in [-0.05, 0) is 24.5 Å². The zero-order valence-corrected chi connectivity index (χ0v) is 14.5. The Hall–Kier alpha value is -3.07. The topological polar surface area (TPSA) is 75.7 Å². The predicted octanol–water partition coefficient (Wildman–Crippen LogP) is 1.23. The summed E-state index contributed by atoms with van der Waals surface area (Å²) in [6.45, 7) is 0.745. The third-order valence-electron chi connectivity index (χ3n) is 4.09. The van der Waals surface area contributed by atoms with Gasteiger partial charge < -0.3 is 15.0 Å². The highest BCUT2D eigenvalue weighted by Crippen LogP contribution is 2.19. The van der Waals surface area contributed by atoms with Crippen LogP contribution < -0.4 is 5.32 Å². The molecule has 0 spiro atoms. The van der Waals surface area contributed by atoms with Gasteiger partial charge in [0.2, 0.25) is 5.91 Å². The maximum absolute atomic E-state index is 12.2. The van der Waals surface area contributed by atoms with Gasteiger partial charge in [-0.15, -0.1) is 6.42 Å². The molecule has 2 amide bonds. The van der Waals surface area contributed by atoms with Crippen LogP contribution in [-0.2, 0) is 19.1 Å². The monoisotopic (exact) mass is 354 g/mol. The molecule has 0 unspecified atom stereocenters. The van der Waals surface area contributed by atoms with Crippen molar-refractivity contribution in [1.82, 2.24) is 10.2 Å². The normalized spacial score (nSPS) is 14.7. The minimum Gasteiger partial charge on any atom is -0.455 e. The molecular formula is C20H22N2O4. The van der Waals surface area contributed by atoms with Gasteiger partial charge >= 0.3 is 5.97 Å². The summed E-state index contributed by atoms with van der Waals surface area (Å²) in [7, 11) is 0. The van der Waals surface area contributed by atoms with Gasteiger partial charge in [0, 0.05) is 19.2 Å². The number of amides is 2. The van der Waals surface area contributed by atoms with Gasteiger partial charge in [-0.3, -0.25) is 14.4 Å². The van der Waals surface area contributed by atoms with Crippen LogP contribution in [0.3, 0.4) is 0 Å². The number of ether oxygens (including phenoxy) is 1. The fraction of sp³-hybridized carbons (Fsp3) is 0.350. The molecule has 0 aromatic heterocycles. The van der Waals surface area contributed by atoms with Gasteiger partial charge in [-0.1, -0.05) is 36.3 Å². The van der Waals surface area contributed by atoms with Crippen molar-refractivity contribution >= 4 is 23.9 Å². The van der Waals surface area contributed by atoms with Crippen LogP contribution in [0.5, 0.6) is 0 Å². The van der Waals surface area contributed by atoms with Crippen LogP contribution in [0.2, 0.25) is 0 Å². The zero-order chi connectivity index (χ0) is 18.8. The van der Waals surface area contributed by atoms with Gasteiger partial charge in [0.25, 0.3) is 5.91 Å². The maximum atomic E-state index is 12.2. The maximum Gasteiger partial charge on any atom is 0.309 e. The molecule has 6 nitrogen and oxygen atoms in total. The summed E-state index contributed by atoms with van der Waals surface area (Å²) in [6.07, 6.45) is 9.40. The van der Waals surface area contributed by atoms with Crippen molar-refractivity contribution < 1.29 is 19.1 Å². The van der Waals surface area contributed by atoms with E-state index in [-0.39, 0.29) is 25.0 Å². The van der Waals surface area contributed by atoms with Gasteiger partial charge in [0.1, 0.15) is 0 Å². The third-order valence-corrected chi connectivity index (χ3v) is 4.09. The van der Waals surface area contributed by atoms with Gasteiger partial charge in [0.05, 0.1) is 12.5 Å². The molecule has 0 aliphatic carbocycles. The average molecular weight is 354 g/mol. The smallest absolute Gasteiger partial charge is 0.309 e. The molecular weight excluding hydrogens is 332 g/mol. The van der Waals surface area contributed by atoms with Crippen LogP contribution in [-0.4, -0.2) is 48.9 Å². The van der Waals surface area contributed by atoms with E-state index in [9.17, 15) is 14.4 Å². The Kier molecular flexibility index (Phi) is 7.44. The average Bonchev–Trinajstić information content (AvgIpc) is 2.69. The number of benzene rings is 1. The van der Waals surface area contributed by atoms with Crippen LogP contribution in [0.4, 0.5) is 0 Å². The van der Waals surface area contributed by atoms with Gasteiger partial charge in [0.15, 0.2) is 6.61 Å². The molecule has 0 radical (unpaired) electrons. The number of nitrogens with one attached hydrogen (secondary N) is 1. The van der Waals surface area contributed by atoms with Crippen LogP contribution in [0.15, 0.2) is 36.4 Å². The molecule has 6 heteroatoms. The molecule has 136 valence electrons. The fourth-order valence-corrected chi connectivity index (χ4v) is 2.63. The molecule has 26 heavy (non-hydrogen) atoms. The molecule has 1 aliphatic heterocycles. The Bertz CT molecular complexity index is 698. The molecule has 0 saturated carbocycles. The lowest BCUT2D eigenvalue weighted by Gasteiger charge is -2.30. The summed E-state index contributed by atoms with van der Waals surface area (Å²) in [5.74, 6) is 1.07. The second kappa shape index (κ2) is 10.0. The second-order valence-corrected chi connectivity index (χ2v) is 5.93. The van der Waals surface area contributed by atoms with Crippen molar-refractivity contribution in [2.75, 3.05) is 26.2 Å². The van der Waals surface area contributed by atoms with Crippen molar-refractivity contribution in [2.45, 2.75) is 12.8 Å². The first-order chi connectivity index (χ1) is 12.6. The summed E-state index contributed by atoms with van der Waals surface area (Å²) < 4.78 is 5.00. The Morgan fingerprint density at radius 3 is 2.58 bits per heavy atom. The molecule has 1 fully saturated rings. The molecule has 1 aromatic carbocycles. The fourth-order valence-electron chi connectivity index (χ4n) is 2.63. The molecule has 1 aliphatic rings. The number of carbonyl (C=O) groups is 3. The lowest BCUT2D eigenvalue weighted by molar-refractivity contribution is -0.154. The van der Waals surface area contributed by atoms with E-state index in [0.29, 0.717) is 25.9 Å². The number of carbonyl (C=O) groups excluding carboxylic acids is 3. The standard InChI is InChI=1S/C20H22N2O4/c1-2-12-21-18(23)15-26-20(25)17-10-13-22(14-11-17)19(24)9-8-16-6-4-3-5-7-16/h1,3-9,17H,10-15H2,(H,21,23)/b9-8+. The van der Waals surface area contributed by atoms with Gasteiger partial charge in [-0.2, -0.15) is 0 Å². The second-order valence-electron chi connectivity index (χ2n) is 5.93. The quantitative estimate of drug-likeness (QED) is 0.474. The summed E-state index contributed by atoms with van der Waals surface area (Å²) >= 11 is 0. The SMILES string of the molecule is C#CCNC(=O)COC(=O)C1CCN(C(=O)/C=C/c2ccccc2)CC1. The van der Waals surface area contributed by atoms with E-state index in [0.717, 1.165) is 5.56 Å². The Labute approximate surface area is 153 Å². The van der Waals surface area contributed by atoms with Crippen LogP contribution in [0.1, 0.15) is 18.4 Å². The molecule has 1 N–H and O–H groups in total. The highest BCUT2D eigenvalue weighted by atomic mass is 16.5. The van der Waals surface area contributed by atoms with Crippen molar-refractivity contribution in [3.8, 4) is 12.3 Å². The van der Waals surface area contributed by atoms with Crippen LogP contribution in [0.25, 0.3) is 6.08 Å². The number of piperidine rings is 1. The molecule has 0 bridgehead atoms. The largest absolute Gasteiger partial charge is 0.455 e. The van der Waals surface area contributed by atoms with E-state index < -0.39 is 11.9 Å². The van der Waals surface area contributed by atoms with Crippen molar-refractivity contribution in [3.05, 3.63) is 42.0 Å². The number of hydrogen-bond acceptors (Lipinski definition) is 4. The van der Waals surface area contributed by atoms with Crippen molar-refractivity contribution in [2.24, 2.45) is 5.92 Å². The van der Waals surface area contributed by atoms with E-state index in [2.05, 4.69) is 11.2 Å². The van der Waals surface area contributed by atoms with Crippen molar-refractivity contribution in [1.29, 1.82) is 0 Å². The Balaban J connectivity index is 1.73. The molecule has 1 heterocycles. The Morgan fingerprint density at radius 1 is 1.23 bits per heavy atom. The molecule has 1 aromatic rings.